The fourth-order valence-corrected chi connectivity index (χ4v) is 2.07. The molecule has 2 aliphatic rings. The van der Waals surface area contributed by atoms with Crippen LogP contribution in [0.4, 0.5) is 0 Å². The molecule has 2 unspecified atom stereocenters. The van der Waals surface area contributed by atoms with Crippen molar-refractivity contribution >= 4 is 0 Å². The van der Waals surface area contributed by atoms with Crippen LogP contribution in [0, 0.1) is 22.7 Å². The van der Waals surface area contributed by atoms with E-state index < -0.39 is 0 Å². The number of aliphatic hydroxyl groups is 1. The first-order valence-electron chi connectivity index (χ1n) is 4.05. The minimum absolute atomic E-state index is 0.00479. The first-order valence-corrected chi connectivity index (χ1v) is 4.05. The van der Waals surface area contributed by atoms with Crippen molar-refractivity contribution in [3.63, 3.8) is 0 Å². The topological polar surface area (TPSA) is 47.3 Å². The third kappa shape index (κ3) is 0.943. The highest BCUT2D eigenvalue weighted by Gasteiger charge is 2.60. The van der Waals surface area contributed by atoms with Gasteiger partial charge in [-0.05, 0) is 12.3 Å². The van der Waals surface area contributed by atoms with Gasteiger partial charge in [-0.1, -0.05) is 0 Å². The van der Waals surface area contributed by atoms with Gasteiger partial charge in [-0.3, -0.25) is 4.90 Å². The van der Waals surface area contributed by atoms with Crippen molar-refractivity contribution in [3.05, 3.63) is 0 Å². The first-order chi connectivity index (χ1) is 5.30. The minimum atomic E-state index is -0.00479. The van der Waals surface area contributed by atoms with Crippen molar-refractivity contribution in [1.29, 1.82) is 5.26 Å². The van der Waals surface area contributed by atoms with Gasteiger partial charge in [-0.15, -0.1) is 0 Å². The maximum absolute atomic E-state index is 8.81. The second-order valence-corrected chi connectivity index (χ2v) is 3.63. The third-order valence-corrected chi connectivity index (χ3v) is 2.86. The van der Waals surface area contributed by atoms with Crippen LogP contribution in [0.5, 0.6) is 0 Å². The lowest BCUT2D eigenvalue weighted by Gasteiger charge is -2.15. The Morgan fingerprint density at radius 3 is 3.09 bits per heavy atom. The third-order valence-electron chi connectivity index (χ3n) is 2.86. The summed E-state index contributed by atoms with van der Waals surface area (Å²) in [5.41, 5.74) is -0.00479. The van der Waals surface area contributed by atoms with Gasteiger partial charge in [0.15, 0.2) is 0 Å². The summed E-state index contributed by atoms with van der Waals surface area (Å²) >= 11 is 0. The zero-order chi connectivity index (χ0) is 7.90. The maximum Gasteiger partial charge on any atom is 0.0745 e. The maximum atomic E-state index is 8.81. The van der Waals surface area contributed by atoms with Gasteiger partial charge in [-0.25, -0.2) is 0 Å². The Balaban J connectivity index is 1.93. The Bertz CT molecular complexity index is 211. The molecular weight excluding hydrogens is 140 g/mol. The number of nitrogens with zero attached hydrogens (tertiary/aromatic N) is 2. The highest BCUT2D eigenvalue weighted by Crippen LogP contribution is 2.56. The molecule has 1 heterocycles. The normalized spacial score (nSPS) is 41.6. The zero-order valence-corrected chi connectivity index (χ0v) is 6.45. The lowest BCUT2D eigenvalue weighted by molar-refractivity contribution is 0.206. The van der Waals surface area contributed by atoms with E-state index in [9.17, 15) is 0 Å². The second kappa shape index (κ2) is 2.20. The molecule has 1 saturated heterocycles. The van der Waals surface area contributed by atoms with E-state index in [0.29, 0.717) is 5.92 Å². The number of rotatable bonds is 2. The van der Waals surface area contributed by atoms with Crippen molar-refractivity contribution in [2.24, 2.45) is 11.3 Å². The van der Waals surface area contributed by atoms with Crippen LogP contribution in [0.25, 0.3) is 0 Å². The Morgan fingerprint density at radius 1 is 1.73 bits per heavy atom. The molecule has 0 spiro atoms. The fourth-order valence-electron chi connectivity index (χ4n) is 2.07. The van der Waals surface area contributed by atoms with Crippen molar-refractivity contribution in [2.75, 3.05) is 26.2 Å². The predicted molar refractivity (Wildman–Crippen MR) is 39.7 cm³/mol. The molecule has 2 rings (SSSR count). The summed E-state index contributed by atoms with van der Waals surface area (Å²) in [5.74, 6) is 0.610. The predicted octanol–water partition coefficient (Wildman–Crippen LogP) is -0.176. The van der Waals surface area contributed by atoms with Gasteiger partial charge in [0.1, 0.15) is 0 Å². The summed E-state index contributed by atoms with van der Waals surface area (Å²) in [6.45, 7) is 2.86. The van der Waals surface area contributed by atoms with Crippen LogP contribution in [0.1, 0.15) is 6.42 Å². The molecule has 11 heavy (non-hydrogen) atoms. The molecule has 2 fully saturated rings. The van der Waals surface area contributed by atoms with Crippen molar-refractivity contribution in [2.45, 2.75) is 6.42 Å². The van der Waals surface area contributed by atoms with E-state index in [1.54, 1.807) is 0 Å². The van der Waals surface area contributed by atoms with Gasteiger partial charge in [0.25, 0.3) is 0 Å². The van der Waals surface area contributed by atoms with Crippen LogP contribution < -0.4 is 0 Å². The number of hydrogen-bond acceptors (Lipinski definition) is 3. The number of piperidine rings is 1. The molecule has 3 heteroatoms. The molecule has 0 aromatic carbocycles. The summed E-state index contributed by atoms with van der Waals surface area (Å²) in [4.78, 5) is 2.18. The summed E-state index contributed by atoms with van der Waals surface area (Å²) in [6, 6.07) is 2.38. The number of β-amino-alcohol motifs (C(OH)–C–C–N with tert-alkyl or cyclic N) is 1. The van der Waals surface area contributed by atoms with E-state index in [1.807, 2.05) is 0 Å². The first kappa shape index (κ1) is 7.08. The van der Waals surface area contributed by atoms with Gasteiger partial charge in [0.05, 0.1) is 18.1 Å². The quantitative estimate of drug-likeness (QED) is 0.597. The SMILES string of the molecule is N#CC12CC1CN(CCO)C2. The van der Waals surface area contributed by atoms with Gasteiger partial charge in [-0.2, -0.15) is 5.26 Å². The van der Waals surface area contributed by atoms with E-state index in [-0.39, 0.29) is 12.0 Å². The van der Waals surface area contributed by atoms with Crippen LogP contribution >= 0.6 is 0 Å². The van der Waals surface area contributed by atoms with E-state index in [0.717, 1.165) is 26.1 Å². The molecule has 1 saturated carbocycles. The van der Waals surface area contributed by atoms with Gasteiger partial charge < -0.3 is 5.11 Å². The molecule has 3 nitrogen and oxygen atoms in total. The molecule has 2 atom stereocenters. The number of fused-ring (bicyclic) bond motifs is 1. The summed E-state index contributed by atoms with van der Waals surface area (Å²) in [6.07, 6.45) is 1.09. The smallest absolute Gasteiger partial charge is 0.0745 e. The number of likely N-dealkylation sites (tertiary alicyclic amines) is 1. The van der Waals surface area contributed by atoms with Crippen LogP contribution in [-0.2, 0) is 0 Å². The monoisotopic (exact) mass is 152 g/mol. The molecular formula is C8H12N2O. The lowest BCUT2D eigenvalue weighted by atomic mass is 10.1. The van der Waals surface area contributed by atoms with Crippen LogP contribution in [-0.4, -0.2) is 36.2 Å². The van der Waals surface area contributed by atoms with Crippen molar-refractivity contribution in [1.82, 2.24) is 4.90 Å². The molecule has 60 valence electrons. The van der Waals surface area contributed by atoms with Crippen molar-refractivity contribution in [3.8, 4) is 6.07 Å². The Kier molecular flexibility index (Phi) is 1.41. The zero-order valence-electron chi connectivity index (χ0n) is 6.45. The molecule has 0 bridgehead atoms. The highest BCUT2D eigenvalue weighted by molar-refractivity contribution is 5.21. The van der Waals surface area contributed by atoms with Crippen molar-refractivity contribution < 1.29 is 5.11 Å². The van der Waals surface area contributed by atoms with Gasteiger partial charge in [0.2, 0.25) is 0 Å². The second-order valence-electron chi connectivity index (χ2n) is 3.63. The average molecular weight is 152 g/mol. The van der Waals surface area contributed by atoms with Crippen LogP contribution in [0.15, 0.2) is 0 Å². The van der Waals surface area contributed by atoms with Crippen LogP contribution in [0.2, 0.25) is 0 Å². The minimum Gasteiger partial charge on any atom is -0.395 e. The van der Waals surface area contributed by atoms with E-state index >= 15 is 0 Å². The number of nitriles is 1. The highest BCUT2D eigenvalue weighted by atomic mass is 16.3. The number of aliphatic hydroxyl groups excluding tert-OH is 1. The average Bonchev–Trinajstić information content (AvgIpc) is 2.57. The van der Waals surface area contributed by atoms with E-state index in [1.165, 1.54) is 0 Å². The van der Waals surface area contributed by atoms with E-state index in [2.05, 4.69) is 11.0 Å². The van der Waals surface area contributed by atoms with Gasteiger partial charge in [0, 0.05) is 19.6 Å². The summed E-state index contributed by atoms with van der Waals surface area (Å²) < 4.78 is 0. The van der Waals surface area contributed by atoms with Gasteiger partial charge >= 0.3 is 0 Å². The molecule has 0 radical (unpaired) electrons. The van der Waals surface area contributed by atoms with Crippen LogP contribution in [0.3, 0.4) is 0 Å². The Labute approximate surface area is 66.2 Å². The standard InChI is InChI=1S/C8H12N2O/c9-5-8-3-7(8)4-10(6-8)1-2-11/h7,11H,1-4,6H2. The number of hydrogen-bond donors (Lipinski definition) is 1. The summed E-state index contributed by atoms with van der Waals surface area (Å²) in [7, 11) is 0. The molecule has 0 amide bonds. The molecule has 1 aliphatic heterocycles. The van der Waals surface area contributed by atoms with E-state index in [4.69, 9.17) is 10.4 Å². The fraction of sp³-hybridized carbons (Fsp3) is 0.875. The summed E-state index contributed by atoms with van der Waals surface area (Å²) in [5, 5.41) is 17.5. The Morgan fingerprint density at radius 2 is 2.55 bits per heavy atom. The lowest BCUT2D eigenvalue weighted by Crippen LogP contribution is -2.27. The largest absolute Gasteiger partial charge is 0.395 e. The molecule has 1 N–H and O–H groups in total. The molecule has 0 aromatic rings. The molecule has 1 aliphatic carbocycles. The Hall–Kier alpha value is -0.590. The molecule has 0 aromatic heterocycles.